The summed E-state index contributed by atoms with van der Waals surface area (Å²) in [6.07, 6.45) is 7.69. The Labute approximate surface area is 145 Å². The maximum atomic E-state index is 12.6. The second-order valence-corrected chi connectivity index (χ2v) is 7.82. The van der Waals surface area contributed by atoms with Crippen LogP contribution < -0.4 is 0 Å². The Morgan fingerprint density at radius 3 is 2.96 bits per heavy atom. The zero-order valence-corrected chi connectivity index (χ0v) is 15.1. The first-order valence-electron chi connectivity index (χ1n) is 7.96. The standard InChI is InChI=1S/C17H21N3OS2/c1-3-15-19-13-5-4-6-14(17(13)23-15)20(2)16(21)11-22-12-7-9-18-10-8-12/h7-10,14H,3-6,11H2,1-2H3. The molecule has 0 N–H and O–H groups in total. The quantitative estimate of drug-likeness (QED) is 0.773. The zero-order chi connectivity index (χ0) is 16.2. The molecule has 0 bridgehead atoms. The molecule has 2 aromatic rings. The second-order valence-electron chi connectivity index (χ2n) is 5.66. The van der Waals surface area contributed by atoms with Crippen LogP contribution in [-0.2, 0) is 17.6 Å². The molecular formula is C17H21N3OS2. The molecule has 1 aliphatic rings. The van der Waals surface area contributed by atoms with Crippen LogP contribution in [0.1, 0.15) is 41.4 Å². The van der Waals surface area contributed by atoms with Gasteiger partial charge in [-0.15, -0.1) is 23.1 Å². The van der Waals surface area contributed by atoms with Gasteiger partial charge in [0.15, 0.2) is 0 Å². The predicted molar refractivity (Wildman–Crippen MR) is 94.9 cm³/mol. The maximum absolute atomic E-state index is 12.6. The van der Waals surface area contributed by atoms with Crippen LogP contribution >= 0.6 is 23.1 Å². The van der Waals surface area contributed by atoms with E-state index in [0.717, 1.165) is 30.6 Å². The summed E-state index contributed by atoms with van der Waals surface area (Å²) in [5.41, 5.74) is 1.21. The first-order valence-corrected chi connectivity index (χ1v) is 9.76. The van der Waals surface area contributed by atoms with E-state index in [-0.39, 0.29) is 11.9 Å². The van der Waals surface area contributed by atoms with Crippen LogP contribution in [0, 0.1) is 0 Å². The molecule has 2 aromatic heterocycles. The zero-order valence-electron chi connectivity index (χ0n) is 13.5. The molecule has 0 fully saturated rings. The average molecular weight is 348 g/mol. The van der Waals surface area contributed by atoms with Gasteiger partial charge in [0.05, 0.1) is 27.4 Å². The smallest absolute Gasteiger partial charge is 0.233 e. The van der Waals surface area contributed by atoms with E-state index in [9.17, 15) is 4.79 Å². The molecule has 0 spiro atoms. The van der Waals surface area contributed by atoms with Crippen LogP contribution in [0.4, 0.5) is 0 Å². The Kier molecular flexibility index (Phi) is 5.33. The third-order valence-corrected chi connectivity index (χ3v) is 6.48. The van der Waals surface area contributed by atoms with Crippen molar-refractivity contribution in [2.75, 3.05) is 12.8 Å². The van der Waals surface area contributed by atoms with E-state index < -0.39 is 0 Å². The summed E-state index contributed by atoms with van der Waals surface area (Å²) < 4.78 is 0. The van der Waals surface area contributed by atoms with E-state index in [0.29, 0.717) is 5.75 Å². The molecule has 122 valence electrons. The molecule has 4 nitrogen and oxygen atoms in total. The molecule has 0 radical (unpaired) electrons. The van der Waals surface area contributed by atoms with Crippen molar-refractivity contribution in [2.24, 2.45) is 0 Å². The van der Waals surface area contributed by atoms with E-state index in [2.05, 4.69) is 11.9 Å². The van der Waals surface area contributed by atoms with E-state index >= 15 is 0 Å². The van der Waals surface area contributed by atoms with E-state index in [1.54, 1.807) is 35.5 Å². The summed E-state index contributed by atoms with van der Waals surface area (Å²) in [4.78, 5) is 25.6. The molecule has 0 saturated heterocycles. The number of amides is 1. The Hall–Kier alpha value is -1.40. The highest BCUT2D eigenvalue weighted by Crippen LogP contribution is 2.38. The normalized spacial score (nSPS) is 16.9. The monoisotopic (exact) mass is 347 g/mol. The molecule has 3 rings (SSSR count). The number of fused-ring (bicyclic) bond motifs is 1. The molecule has 1 atom stereocenters. The van der Waals surface area contributed by atoms with Gasteiger partial charge in [-0.1, -0.05) is 6.92 Å². The number of rotatable bonds is 5. The Balaban J connectivity index is 1.67. The fourth-order valence-corrected chi connectivity index (χ4v) is 4.86. The van der Waals surface area contributed by atoms with E-state index in [1.165, 1.54) is 15.6 Å². The number of hydrogen-bond donors (Lipinski definition) is 0. The third-order valence-electron chi connectivity index (χ3n) is 4.14. The molecule has 0 saturated carbocycles. The number of thioether (sulfide) groups is 1. The number of pyridine rings is 1. The summed E-state index contributed by atoms with van der Waals surface area (Å²) in [6, 6.07) is 4.07. The fourth-order valence-electron chi connectivity index (χ4n) is 2.82. The minimum Gasteiger partial charge on any atom is -0.337 e. The summed E-state index contributed by atoms with van der Waals surface area (Å²) >= 11 is 3.35. The van der Waals surface area contributed by atoms with Gasteiger partial charge in [-0.05, 0) is 37.8 Å². The first kappa shape index (κ1) is 16.5. The lowest BCUT2D eigenvalue weighted by Gasteiger charge is -2.30. The minimum atomic E-state index is 0.177. The van der Waals surface area contributed by atoms with Crippen molar-refractivity contribution in [3.63, 3.8) is 0 Å². The predicted octanol–water partition coefficient (Wildman–Crippen LogP) is 3.73. The summed E-state index contributed by atoms with van der Waals surface area (Å²) in [5.74, 6) is 0.641. The molecule has 0 aliphatic heterocycles. The largest absolute Gasteiger partial charge is 0.337 e. The van der Waals surface area contributed by atoms with Gasteiger partial charge >= 0.3 is 0 Å². The lowest BCUT2D eigenvalue weighted by atomic mass is 9.97. The van der Waals surface area contributed by atoms with Gasteiger partial charge in [-0.3, -0.25) is 9.78 Å². The molecule has 6 heteroatoms. The number of hydrogen-bond acceptors (Lipinski definition) is 5. The Bertz CT molecular complexity index is 672. The maximum Gasteiger partial charge on any atom is 0.233 e. The number of carbonyl (C=O) groups excluding carboxylic acids is 1. The molecule has 2 heterocycles. The fraction of sp³-hybridized carbons (Fsp3) is 0.471. The topological polar surface area (TPSA) is 46.1 Å². The van der Waals surface area contributed by atoms with Crippen molar-refractivity contribution in [1.29, 1.82) is 0 Å². The average Bonchev–Trinajstić information content (AvgIpc) is 3.03. The third kappa shape index (κ3) is 3.75. The highest BCUT2D eigenvalue weighted by Gasteiger charge is 2.29. The van der Waals surface area contributed by atoms with Crippen molar-refractivity contribution in [1.82, 2.24) is 14.9 Å². The number of aryl methyl sites for hydroxylation is 2. The first-order chi connectivity index (χ1) is 11.2. The number of aromatic nitrogens is 2. The van der Waals surface area contributed by atoms with Gasteiger partial charge in [0.25, 0.3) is 0 Å². The lowest BCUT2D eigenvalue weighted by Crippen LogP contribution is -2.33. The number of carbonyl (C=O) groups is 1. The summed E-state index contributed by atoms with van der Waals surface area (Å²) in [7, 11) is 1.93. The lowest BCUT2D eigenvalue weighted by molar-refractivity contribution is -0.129. The SMILES string of the molecule is CCc1nc2c(s1)C(N(C)C(=O)CSc1ccncc1)CCC2. The van der Waals surface area contributed by atoms with Crippen LogP contribution in [0.25, 0.3) is 0 Å². The number of nitrogens with zero attached hydrogens (tertiary/aromatic N) is 3. The molecule has 1 unspecified atom stereocenters. The molecule has 1 amide bonds. The molecule has 1 aliphatic carbocycles. The minimum absolute atomic E-state index is 0.177. The molecular weight excluding hydrogens is 326 g/mol. The van der Waals surface area contributed by atoms with Gasteiger partial charge in [0.2, 0.25) is 5.91 Å². The summed E-state index contributed by atoms with van der Waals surface area (Å²) in [5, 5.41) is 1.19. The van der Waals surface area contributed by atoms with Crippen molar-refractivity contribution >= 4 is 29.0 Å². The van der Waals surface area contributed by atoms with Gasteiger partial charge in [0.1, 0.15) is 0 Å². The second kappa shape index (κ2) is 7.45. The number of thiazole rings is 1. The highest BCUT2D eigenvalue weighted by molar-refractivity contribution is 8.00. The Morgan fingerprint density at radius 2 is 2.22 bits per heavy atom. The van der Waals surface area contributed by atoms with Crippen molar-refractivity contribution in [2.45, 2.75) is 43.5 Å². The van der Waals surface area contributed by atoms with E-state index in [4.69, 9.17) is 4.98 Å². The van der Waals surface area contributed by atoms with Gasteiger partial charge in [-0.2, -0.15) is 0 Å². The van der Waals surface area contributed by atoms with Gasteiger partial charge in [0, 0.05) is 24.3 Å². The van der Waals surface area contributed by atoms with Crippen LogP contribution in [0.3, 0.4) is 0 Å². The van der Waals surface area contributed by atoms with Crippen molar-refractivity contribution in [3.05, 3.63) is 40.1 Å². The van der Waals surface area contributed by atoms with E-state index in [1.807, 2.05) is 24.1 Å². The molecule has 23 heavy (non-hydrogen) atoms. The van der Waals surface area contributed by atoms with Crippen LogP contribution in [-0.4, -0.2) is 33.6 Å². The van der Waals surface area contributed by atoms with Gasteiger partial charge < -0.3 is 4.90 Å². The van der Waals surface area contributed by atoms with Crippen LogP contribution in [0.15, 0.2) is 29.4 Å². The van der Waals surface area contributed by atoms with Crippen molar-refractivity contribution < 1.29 is 4.79 Å². The van der Waals surface area contributed by atoms with Gasteiger partial charge in [-0.25, -0.2) is 4.98 Å². The van der Waals surface area contributed by atoms with Crippen LogP contribution in [0.2, 0.25) is 0 Å². The summed E-state index contributed by atoms with van der Waals surface area (Å²) in [6.45, 7) is 2.14. The van der Waals surface area contributed by atoms with Crippen molar-refractivity contribution in [3.8, 4) is 0 Å². The van der Waals surface area contributed by atoms with Crippen LogP contribution in [0.5, 0.6) is 0 Å². The Morgan fingerprint density at radius 1 is 1.43 bits per heavy atom. The highest BCUT2D eigenvalue weighted by atomic mass is 32.2. The molecule has 0 aromatic carbocycles.